The van der Waals surface area contributed by atoms with E-state index in [1.807, 2.05) is 0 Å². The van der Waals surface area contributed by atoms with Gasteiger partial charge in [-0.2, -0.15) is 0 Å². The minimum absolute atomic E-state index is 0.0699. The number of rotatable bonds is 4. The van der Waals surface area contributed by atoms with Crippen LogP contribution in [0, 0.1) is 5.92 Å². The van der Waals surface area contributed by atoms with Crippen LogP contribution in [-0.4, -0.2) is 41.3 Å². The second-order valence-electron chi connectivity index (χ2n) is 5.55. The number of carbonyl (C=O) groups excluding carboxylic acids is 2. The van der Waals surface area contributed by atoms with E-state index in [0.29, 0.717) is 13.0 Å². The standard InChI is InChI=1S/C12H20N2O5/c1-12(2,3)19-11(18)14-8(10(16)17)6-7-4-5-13-9(7)15/h7-8H,4-6H2,1-3H3,(H,13,15)(H,14,18)(H,16,17)/t7-,8-/m0/s1. The average molecular weight is 272 g/mol. The van der Waals surface area contributed by atoms with Crippen LogP contribution < -0.4 is 10.6 Å². The molecule has 2 atom stereocenters. The molecule has 19 heavy (non-hydrogen) atoms. The Morgan fingerprint density at radius 2 is 2.16 bits per heavy atom. The first-order valence-electron chi connectivity index (χ1n) is 6.19. The highest BCUT2D eigenvalue weighted by molar-refractivity contribution is 5.83. The van der Waals surface area contributed by atoms with Crippen LogP contribution in [0.15, 0.2) is 0 Å². The summed E-state index contributed by atoms with van der Waals surface area (Å²) in [5, 5.41) is 14.0. The number of carboxylic acids is 1. The van der Waals surface area contributed by atoms with Crippen molar-refractivity contribution < 1.29 is 24.2 Å². The summed E-state index contributed by atoms with van der Waals surface area (Å²) < 4.78 is 5.00. The maximum atomic E-state index is 11.5. The van der Waals surface area contributed by atoms with E-state index in [-0.39, 0.29) is 18.2 Å². The summed E-state index contributed by atoms with van der Waals surface area (Å²) in [5.41, 5.74) is -0.697. The van der Waals surface area contributed by atoms with Gasteiger partial charge in [-0.3, -0.25) is 4.79 Å². The normalized spacial score (nSPS) is 20.6. The number of alkyl carbamates (subject to hydrolysis) is 1. The van der Waals surface area contributed by atoms with Crippen molar-refractivity contribution in [2.24, 2.45) is 5.92 Å². The van der Waals surface area contributed by atoms with Crippen LogP contribution in [0.2, 0.25) is 0 Å². The highest BCUT2D eigenvalue weighted by Crippen LogP contribution is 2.16. The summed E-state index contributed by atoms with van der Waals surface area (Å²) in [6.07, 6.45) is -0.141. The van der Waals surface area contributed by atoms with E-state index in [2.05, 4.69) is 10.6 Å². The first kappa shape index (κ1) is 15.3. The molecule has 0 aromatic rings. The monoisotopic (exact) mass is 272 g/mol. The molecule has 7 nitrogen and oxygen atoms in total. The zero-order valence-corrected chi connectivity index (χ0v) is 11.4. The molecule has 0 unspecified atom stereocenters. The zero-order chi connectivity index (χ0) is 14.6. The van der Waals surface area contributed by atoms with Gasteiger partial charge in [-0.1, -0.05) is 0 Å². The third kappa shape index (κ3) is 5.15. The lowest BCUT2D eigenvalue weighted by molar-refractivity contribution is -0.140. The van der Waals surface area contributed by atoms with Gasteiger partial charge >= 0.3 is 12.1 Å². The van der Waals surface area contributed by atoms with Crippen LogP contribution in [0.25, 0.3) is 0 Å². The minimum atomic E-state index is -1.18. The van der Waals surface area contributed by atoms with Crippen molar-refractivity contribution in [1.29, 1.82) is 0 Å². The predicted molar refractivity (Wildman–Crippen MR) is 66.5 cm³/mol. The molecule has 0 aromatic heterocycles. The number of carbonyl (C=O) groups is 3. The number of ether oxygens (including phenoxy) is 1. The molecule has 1 aliphatic heterocycles. The predicted octanol–water partition coefficient (Wildman–Crippen LogP) is 0.491. The molecule has 0 aromatic carbocycles. The van der Waals surface area contributed by atoms with Crippen LogP contribution in [0.5, 0.6) is 0 Å². The third-order valence-corrected chi connectivity index (χ3v) is 2.67. The lowest BCUT2D eigenvalue weighted by atomic mass is 9.98. The molecule has 2 amide bonds. The number of nitrogens with one attached hydrogen (secondary N) is 2. The highest BCUT2D eigenvalue weighted by Gasteiger charge is 2.32. The van der Waals surface area contributed by atoms with Gasteiger partial charge in [-0.15, -0.1) is 0 Å². The second-order valence-corrected chi connectivity index (χ2v) is 5.55. The quantitative estimate of drug-likeness (QED) is 0.691. The summed E-state index contributed by atoms with van der Waals surface area (Å²) in [6, 6.07) is -1.12. The summed E-state index contributed by atoms with van der Waals surface area (Å²) in [7, 11) is 0. The fourth-order valence-corrected chi connectivity index (χ4v) is 1.83. The van der Waals surface area contributed by atoms with E-state index in [4.69, 9.17) is 9.84 Å². The van der Waals surface area contributed by atoms with Crippen LogP contribution in [0.4, 0.5) is 4.79 Å². The minimum Gasteiger partial charge on any atom is -0.480 e. The van der Waals surface area contributed by atoms with Gasteiger partial charge < -0.3 is 20.5 Å². The lowest BCUT2D eigenvalue weighted by Crippen LogP contribution is -2.45. The fraction of sp³-hybridized carbons (Fsp3) is 0.750. The molecule has 1 fully saturated rings. The summed E-state index contributed by atoms with van der Waals surface area (Å²) in [4.78, 5) is 34.0. The van der Waals surface area contributed by atoms with E-state index >= 15 is 0 Å². The van der Waals surface area contributed by atoms with Gasteiger partial charge in [0.15, 0.2) is 0 Å². The molecule has 1 saturated heterocycles. The topological polar surface area (TPSA) is 105 Å². The second kappa shape index (κ2) is 5.90. The van der Waals surface area contributed by atoms with Crippen molar-refractivity contribution in [3.8, 4) is 0 Å². The zero-order valence-electron chi connectivity index (χ0n) is 11.4. The Morgan fingerprint density at radius 1 is 1.53 bits per heavy atom. The molecule has 1 heterocycles. The van der Waals surface area contributed by atoms with Crippen molar-refractivity contribution in [1.82, 2.24) is 10.6 Å². The summed E-state index contributed by atoms with van der Waals surface area (Å²) in [6.45, 7) is 5.61. The third-order valence-electron chi connectivity index (χ3n) is 2.67. The Kier molecular flexibility index (Phi) is 4.74. The van der Waals surface area contributed by atoms with Crippen molar-refractivity contribution in [2.45, 2.75) is 45.3 Å². The molecule has 108 valence electrons. The van der Waals surface area contributed by atoms with Crippen LogP contribution in [0.1, 0.15) is 33.6 Å². The van der Waals surface area contributed by atoms with Gasteiger partial charge in [-0.25, -0.2) is 9.59 Å². The molecule has 0 saturated carbocycles. The largest absolute Gasteiger partial charge is 0.480 e. The van der Waals surface area contributed by atoms with Crippen molar-refractivity contribution in [3.05, 3.63) is 0 Å². The number of carboxylic acid groups (broad SMARTS) is 1. The molecule has 1 aliphatic rings. The van der Waals surface area contributed by atoms with Gasteiger partial charge in [0.1, 0.15) is 11.6 Å². The molecular formula is C12H20N2O5. The van der Waals surface area contributed by atoms with Crippen LogP contribution in [0.3, 0.4) is 0 Å². The summed E-state index contributed by atoms with van der Waals surface area (Å²) >= 11 is 0. The Labute approximate surface area is 111 Å². The SMILES string of the molecule is CC(C)(C)OC(=O)N[C@@H](C[C@@H]1CCNC1=O)C(=O)O. The number of hydrogen-bond donors (Lipinski definition) is 3. The number of aliphatic carboxylic acids is 1. The molecule has 0 spiro atoms. The Balaban J connectivity index is 2.56. The molecule has 3 N–H and O–H groups in total. The Hall–Kier alpha value is -1.79. The lowest BCUT2D eigenvalue weighted by Gasteiger charge is -2.22. The van der Waals surface area contributed by atoms with E-state index in [1.165, 1.54) is 0 Å². The highest BCUT2D eigenvalue weighted by atomic mass is 16.6. The molecule has 0 aliphatic carbocycles. The van der Waals surface area contributed by atoms with Crippen molar-refractivity contribution in [2.75, 3.05) is 6.54 Å². The number of hydrogen-bond acceptors (Lipinski definition) is 4. The number of amides is 2. The first-order valence-corrected chi connectivity index (χ1v) is 6.19. The van der Waals surface area contributed by atoms with E-state index < -0.39 is 23.7 Å². The molecule has 7 heteroatoms. The Bertz CT molecular complexity index is 375. The van der Waals surface area contributed by atoms with E-state index in [0.717, 1.165) is 0 Å². The van der Waals surface area contributed by atoms with Gasteiger partial charge in [0.25, 0.3) is 0 Å². The van der Waals surface area contributed by atoms with E-state index in [1.54, 1.807) is 20.8 Å². The fourth-order valence-electron chi connectivity index (χ4n) is 1.83. The first-order chi connectivity index (χ1) is 8.69. The van der Waals surface area contributed by atoms with Gasteiger partial charge in [-0.05, 0) is 33.6 Å². The van der Waals surface area contributed by atoms with E-state index in [9.17, 15) is 14.4 Å². The van der Waals surface area contributed by atoms with Gasteiger partial charge in [0.05, 0.1) is 0 Å². The van der Waals surface area contributed by atoms with Crippen molar-refractivity contribution >= 4 is 18.0 Å². The van der Waals surface area contributed by atoms with Crippen LogP contribution in [-0.2, 0) is 14.3 Å². The van der Waals surface area contributed by atoms with Gasteiger partial charge in [0.2, 0.25) is 5.91 Å². The maximum absolute atomic E-state index is 11.5. The Morgan fingerprint density at radius 3 is 2.58 bits per heavy atom. The molecule has 0 radical (unpaired) electrons. The molecule has 1 rings (SSSR count). The molecule has 0 bridgehead atoms. The average Bonchev–Trinajstić information content (AvgIpc) is 2.60. The molecular weight excluding hydrogens is 252 g/mol. The maximum Gasteiger partial charge on any atom is 0.408 e. The van der Waals surface area contributed by atoms with Gasteiger partial charge in [0, 0.05) is 12.5 Å². The summed E-state index contributed by atoms with van der Waals surface area (Å²) in [5.74, 6) is -1.72. The van der Waals surface area contributed by atoms with Crippen LogP contribution >= 0.6 is 0 Å². The smallest absolute Gasteiger partial charge is 0.408 e. The van der Waals surface area contributed by atoms with Crippen molar-refractivity contribution in [3.63, 3.8) is 0 Å².